The van der Waals surface area contributed by atoms with Crippen molar-refractivity contribution in [2.24, 2.45) is 0 Å². The van der Waals surface area contributed by atoms with Crippen LogP contribution >= 0.6 is 0 Å². The number of anilines is 1. The van der Waals surface area contributed by atoms with E-state index in [9.17, 15) is 27.6 Å². The van der Waals surface area contributed by atoms with Crippen molar-refractivity contribution in [1.82, 2.24) is 10.3 Å². The molecule has 1 aromatic rings. The lowest BCUT2D eigenvalue weighted by Crippen LogP contribution is -2.50. The third-order valence-corrected chi connectivity index (χ3v) is 7.07. The molecule has 3 rings (SSSR count). The zero-order valence-electron chi connectivity index (χ0n) is 17.4. The quantitative estimate of drug-likeness (QED) is 0.621. The van der Waals surface area contributed by atoms with E-state index in [0.717, 1.165) is 5.01 Å². The molecule has 3 amide bonds. The minimum absolute atomic E-state index is 0.0436. The van der Waals surface area contributed by atoms with E-state index >= 15 is 0 Å². The third-order valence-electron chi connectivity index (χ3n) is 5.32. The van der Waals surface area contributed by atoms with E-state index in [2.05, 4.69) is 5.43 Å². The number of amides is 3. The number of sulfone groups is 1. The van der Waals surface area contributed by atoms with Crippen molar-refractivity contribution in [3.8, 4) is 0 Å². The molecule has 2 saturated heterocycles. The lowest BCUT2D eigenvalue weighted by Gasteiger charge is -2.29. The minimum atomic E-state index is -3.15. The van der Waals surface area contributed by atoms with E-state index in [0.29, 0.717) is 18.7 Å². The van der Waals surface area contributed by atoms with Crippen molar-refractivity contribution in [3.05, 3.63) is 29.8 Å². The van der Waals surface area contributed by atoms with E-state index in [4.69, 9.17) is 4.74 Å². The van der Waals surface area contributed by atoms with E-state index in [1.807, 2.05) is 0 Å². The van der Waals surface area contributed by atoms with Gasteiger partial charge in [0.1, 0.15) is 0 Å². The van der Waals surface area contributed by atoms with E-state index in [-0.39, 0.29) is 41.7 Å². The summed E-state index contributed by atoms with van der Waals surface area (Å²) in [6.45, 7) is 3.50. The van der Waals surface area contributed by atoms with Gasteiger partial charge in [0.2, 0.25) is 11.8 Å². The zero-order chi connectivity index (χ0) is 22.8. The van der Waals surface area contributed by atoms with Crippen LogP contribution < -0.4 is 10.4 Å². The van der Waals surface area contributed by atoms with Crippen molar-refractivity contribution in [1.29, 1.82) is 0 Å². The summed E-state index contributed by atoms with van der Waals surface area (Å²) < 4.78 is 28.7. The molecule has 0 spiro atoms. The molecule has 2 fully saturated rings. The monoisotopic (exact) mass is 451 g/mol. The molecule has 168 valence electrons. The zero-order valence-corrected chi connectivity index (χ0v) is 18.2. The number of likely N-dealkylation sites (N-methyl/N-ethyl adjacent to an activating group) is 1. The summed E-state index contributed by atoms with van der Waals surface area (Å²) in [6, 6.07) is 5.44. The second-order valence-corrected chi connectivity index (χ2v) is 9.77. The average Bonchev–Trinajstić information content (AvgIpc) is 3.09. The summed E-state index contributed by atoms with van der Waals surface area (Å²) in [6.07, 6.45) is -0.479. The predicted molar refractivity (Wildman–Crippen MR) is 111 cm³/mol. The van der Waals surface area contributed by atoms with Crippen LogP contribution in [0.4, 0.5) is 5.69 Å². The number of hydrogen-bond acceptors (Lipinski definition) is 7. The minimum Gasteiger partial charge on any atom is -0.449 e. The second kappa shape index (κ2) is 9.04. The molecule has 2 unspecified atom stereocenters. The molecule has 0 aliphatic carbocycles. The van der Waals surface area contributed by atoms with Gasteiger partial charge in [-0.1, -0.05) is 0 Å². The highest BCUT2D eigenvalue weighted by molar-refractivity contribution is 7.91. The van der Waals surface area contributed by atoms with E-state index in [1.165, 1.54) is 36.1 Å². The number of carbonyl (C=O) groups excluding carboxylic acids is 4. The number of nitrogens with zero attached hydrogens (tertiary/aromatic N) is 2. The maximum Gasteiger partial charge on any atom is 0.338 e. The number of benzene rings is 1. The summed E-state index contributed by atoms with van der Waals surface area (Å²) >= 11 is 0. The Bertz CT molecular complexity index is 991. The Morgan fingerprint density at radius 2 is 1.90 bits per heavy atom. The fourth-order valence-electron chi connectivity index (χ4n) is 3.66. The molecule has 1 N–H and O–H groups in total. The Balaban J connectivity index is 1.63. The summed E-state index contributed by atoms with van der Waals surface area (Å²) in [7, 11) is -3.15. The maximum absolute atomic E-state index is 12.7. The molecule has 2 atom stereocenters. The molecule has 0 bridgehead atoms. The summed E-state index contributed by atoms with van der Waals surface area (Å²) in [5.41, 5.74) is 3.04. The average molecular weight is 452 g/mol. The van der Waals surface area contributed by atoms with E-state index < -0.39 is 33.9 Å². The highest BCUT2D eigenvalue weighted by Gasteiger charge is 2.36. The molecule has 10 nitrogen and oxygen atoms in total. The standard InChI is InChI=1S/C20H25N3O7S/c1-3-22(16-10-11-31(28,29)12-16)19(26)13(2)30-20(27)14-4-6-15(7-5-14)23-18(25)9-8-17(24)21-23/h4-7,13,16H,3,8-12H2,1-2H3,(H,21,24). The van der Waals surface area contributed by atoms with Gasteiger partial charge in [0.15, 0.2) is 15.9 Å². The number of hydrazine groups is 1. The molecule has 0 aromatic heterocycles. The lowest BCUT2D eigenvalue weighted by atomic mass is 10.1. The van der Waals surface area contributed by atoms with Crippen LogP contribution in [-0.2, 0) is 29.0 Å². The van der Waals surface area contributed by atoms with Crippen LogP contribution in [-0.4, -0.2) is 67.2 Å². The first-order chi connectivity index (χ1) is 14.6. The van der Waals surface area contributed by atoms with Crippen LogP contribution in [0.3, 0.4) is 0 Å². The summed E-state index contributed by atoms with van der Waals surface area (Å²) in [5, 5.41) is 1.13. The van der Waals surface area contributed by atoms with Crippen molar-refractivity contribution in [3.63, 3.8) is 0 Å². The highest BCUT2D eigenvalue weighted by atomic mass is 32.2. The van der Waals surface area contributed by atoms with Gasteiger partial charge in [0.25, 0.3) is 5.91 Å². The fraction of sp³-hybridized carbons (Fsp3) is 0.500. The smallest absolute Gasteiger partial charge is 0.338 e. The number of ether oxygens (including phenoxy) is 1. The first kappa shape index (κ1) is 22.7. The Hall–Kier alpha value is -2.95. The number of hydrogen-bond donors (Lipinski definition) is 1. The Labute approximate surface area is 180 Å². The fourth-order valence-corrected chi connectivity index (χ4v) is 5.39. The van der Waals surface area contributed by atoms with Gasteiger partial charge in [-0.05, 0) is 44.5 Å². The molecule has 2 heterocycles. The topological polar surface area (TPSA) is 130 Å². The highest BCUT2D eigenvalue weighted by Crippen LogP contribution is 2.21. The second-order valence-electron chi connectivity index (χ2n) is 7.54. The number of esters is 1. The largest absolute Gasteiger partial charge is 0.449 e. The summed E-state index contributed by atoms with van der Waals surface area (Å²) in [4.78, 5) is 50.1. The van der Waals surface area contributed by atoms with Gasteiger partial charge < -0.3 is 9.64 Å². The van der Waals surface area contributed by atoms with Crippen LogP contribution in [0.25, 0.3) is 0 Å². The molecule has 11 heteroatoms. The Morgan fingerprint density at radius 3 is 2.48 bits per heavy atom. The first-order valence-corrected chi connectivity index (χ1v) is 11.9. The third kappa shape index (κ3) is 5.22. The molecule has 0 radical (unpaired) electrons. The van der Waals surface area contributed by atoms with Crippen LogP contribution in [0, 0.1) is 0 Å². The number of nitrogens with one attached hydrogen (secondary N) is 1. The van der Waals surface area contributed by atoms with Crippen LogP contribution in [0.2, 0.25) is 0 Å². The Kier molecular flexibility index (Phi) is 6.63. The molecule has 2 aliphatic rings. The van der Waals surface area contributed by atoms with Crippen LogP contribution in [0.15, 0.2) is 24.3 Å². The predicted octanol–water partition coefficient (Wildman–Crippen LogP) is 0.426. The number of carbonyl (C=O) groups is 4. The van der Waals surface area contributed by atoms with Gasteiger partial charge >= 0.3 is 5.97 Å². The summed E-state index contributed by atoms with van der Waals surface area (Å²) in [5.74, 6) is -1.75. The molecule has 0 saturated carbocycles. The van der Waals surface area contributed by atoms with E-state index in [1.54, 1.807) is 6.92 Å². The molecular formula is C20H25N3O7S. The van der Waals surface area contributed by atoms with Gasteiger partial charge in [-0.25, -0.2) is 18.2 Å². The normalized spacial score (nSPS) is 21.4. The van der Waals surface area contributed by atoms with Gasteiger partial charge in [-0.3, -0.25) is 19.8 Å². The lowest BCUT2D eigenvalue weighted by molar-refractivity contribution is -0.141. The van der Waals surface area contributed by atoms with Gasteiger partial charge in [0, 0.05) is 25.4 Å². The van der Waals surface area contributed by atoms with Crippen molar-refractivity contribution in [2.75, 3.05) is 23.1 Å². The molecule has 2 aliphatic heterocycles. The van der Waals surface area contributed by atoms with Gasteiger partial charge in [-0.2, -0.15) is 0 Å². The molecule has 31 heavy (non-hydrogen) atoms. The van der Waals surface area contributed by atoms with Crippen molar-refractivity contribution in [2.45, 2.75) is 45.3 Å². The van der Waals surface area contributed by atoms with Crippen LogP contribution in [0.5, 0.6) is 0 Å². The van der Waals surface area contributed by atoms with Gasteiger partial charge in [0.05, 0.1) is 22.8 Å². The van der Waals surface area contributed by atoms with Crippen molar-refractivity contribution < 1.29 is 32.3 Å². The molecular weight excluding hydrogens is 426 g/mol. The van der Waals surface area contributed by atoms with Crippen LogP contribution in [0.1, 0.15) is 43.5 Å². The van der Waals surface area contributed by atoms with Gasteiger partial charge in [-0.15, -0.1) is 0 Å². The molecule has 1 aromatic carbocycles. The number of rotatable bonds is 6. The van der Waals surface area contributed by atoms with Crippen molar-refractivity contribution >= 4 is 39.2 Å². The maximum atomic E-state index is 12.7. The Morgan fingerprint density at radius 1 is 1.23 bits per heavy atom. The SMILES string of the molecule is CCN(C(=O)C(C)OC(=O)c1ccc(N2NC(=O)CCC2=O)cc1)C1CCS(=O)(=O)C1. The first-order valence-electron chi connectivity index (χ1n) is 10.1.